The van der Waals surface area contributed by atoms with Gasteiger partial charge in [0.15, 0.2) is 0 Å². The highest BCUT2D eigenvalue weighted by Gasteiger charge is 2.24. The monoisotopic (exact) mass is 345 g/mol. The van der Waals surface area contributed by atoms with Gasteiger partial charge in [0.05, 0.1) is 19.0 Å². The summed E-state index contributed by atoms with van der Waals surface area (Å²) >= 11 is 0. The number of amides is 1. The highest BCUT2D eigenvalue weighted by molar-refractivity contribution is 5.84. The molecule has 0 bridgehead atoms. The quantitative estimate of drug-likeness (QED) is 0.822. The van der Waals surface area contributed by atoms with Crippen LogP contribution in [0.5, 0.6) is 5.75 Å². The number of rotatable bonds is 4. The van der Waals surface area contributed by atoms with Crippen LogP contribution >= 0.6 is 0 Å². The van der Waals surface area contributed by atoms with E-state index >= 15 is 0 Å². The number of nitrogens with zero attached hydrogens (tertiary/aromatic N) is 4. The maximum atomic E-state index is 11.1. The Morgan fingerprint density at radius 3 is 2.60 bits per heavy atom. The number of aryl methyl sites for hydroxylation is 1. The number of piperazine rings is 1. The van der Waals surface area contributed by atoms with Crippen LogP contribution in [0.1, 0.15) is 6.92 Å². The zero-order chi connectivity index (χ0) is 18.0. The van der Waals surface area contributed by atoms with Gasteiger partial charge < -0.3 is 25.4 Å². The molecule has 25 heavy (non-hydrogen) atoms. The molecule has 3 rings (SSSR count). The van der Waals surface area contributed by atoms with E-state index in [4.69, 9.17) is 15.6 Å². The van der Waals surface area contributed by atoms with Crippen molar-refractivity contribution in [3.05, 3.63) is 24.5 Å². The first-order valence-electron chi connectivity index (χ1n) is 8.26. The second-order valence-corrected chi connectivity index (χ2v) is 5.95. The molecular weight excluding hydrogens is 322 g/mol. The first-order chi connectivity index (χ1) is 12.0. The molecule has 0 saturated carbocycles. The predicted molar refractivity (Wildman–Crippen MR) is 96.1 cm³/mol. The molecule has 1 aromatic heterocycles. The van der Waals surface area contributed by atoms with Gasteiger partial charge in [-0.2, -0.15) is 5.10 Å². The molecule has 1 saturated heterocycles. The van der Waals surface area contributed by atoms with E-state index in [0.717, 1.165) is 23.4 Å². The third-order valence-corrected chi connectivity index (χ3v) is 4.51. The number of ether oxygens (including phenoxy) is 1. The van der Waals surface area contributed by atoms with Crippen LogP contribution in [0, 0.1) is 0 Å². The highest BCUT2D eigenvalue weighted by atomic mass is 16.5. The van der Waals surface area contributed by atoms with Crippen molar-refractivity contribution in [2.45, 2.75) is 13.5 Å². The molecule has 2 heterocycles. The molecule has 1 aliphatic rings. The van der Waals surface area contributed by atoms with Gasteiger partial charge in [-0.15, -0.1) is 0 Å². The Hall–Kier alpha value is -2.90. The van der Waals surface area contributed by atoms with Crippen molar-refractivity contribution in [3.63, 3.8) is 0 Å². The molecule has 0 unspecified atom stereocenters. The van der Waals surface area contributed by atoms with Gasteiger partial charge in [0.25, 0.3) is 0 Å². The average Bonchev–Trinajstić information content (AvgIpc) is 3.10. The lowest BCUT2D eigenvalue weighted by atomic mass is 10.0. The predicted octanol–water partition coefficient (Wildman–Crippen LogP) is 1.96. The topological polar surface area (TPSA) is 96.9 Å². The van der Waals surface area contributed by atoms with Crippen molar-refractivity contribution in [2.24, 2.45) is 0 Å². The summed E-state index contributed by atoms with van der Waals surface area (Å²) in [6.45, 7) is 5.00. The number of carboxylic acid groups (broad SMARTS) is 1. The van der Waals surface area contributed by atoms with E-state index in [-0.39, 0.29) is 0 Å². The number of nitrogen functional groups attached to an aromatic ring is 1. The van der Waals surface area contributed by atoms with Gasteiger partial charge in [-0.1, -0.05) is 0 Å². The highest BCUT2D eigenvalue weighted by Crippen LogP contribution is 2.38. The van der Waals surface area contributed by atoms with E-state index in [9.17, 15) is 4.79 Å². The van der Waals surface area contributed by atoms with Crippen LogP contribution in [0.4, 0.5) is 16.2 Å². The number of carbonyl (C=O) groups is 1. The Morgan fingerprint density at radius 2 is 2.04 bits per heavy atom. The molecular formula is C17H23N5O3. The molecule has 134 valence electrons. The van der Waals surface area contributed by atoms with Crippen LogP contribution in [0.2, 0.25) is 0 Å². The van der Waals surface area contributed by atoms with E-state index in [0.29, 0.717) is 37.6 Å². The Kier molecular flexibility index (Phi) is 4.69. The minimum atomic E-state index is -0.876. The lowest BCUT2D eigenvalue weighted by Crippen LogP contribution is -2.48. The van der Waals surface area contributed by atoms with Crippen LogP contribution in [-0.2, 0) is 6.54 Å². The fraction of sp³-hybridized carbons (Fsp3) is 0.412. The first kappa shape index (κ1) is 16.9. The minimum Gasteiger partial charge on any atom is -0.495 e. The van der Waals surface area contributed by atoms with E-state index < -0.39 is 6.09 Å². The summed E-state index contributed by atoms with van der Waals surface area (Å²) in [6, 6.07) is 3.82. The summed E-state index contributed by atoms with van der Waals surface area (Å²) in [4.78, 5) is 14.7. The number of hydrogen-bond acceptors (Lipinski definition) is 5. The number of aromatic nitrogens is 2. The summed E-state index contributed by atoms with van der Waals surface area (Å²) in [5, 5.41) is 13.5. The summed E-state index contributed by atoms with van der Waals surface area (Å²) < 4.78 is 7.24. The standard InChI is InChI=1S/C17H23N5O3/c1-3-22-11-12(10-19-22)13-8-14(18)16(25-2)9-15(13)20-4-6-21(7-5-20)17(23)24/h8-11H,3-7,18H2,1-2H3,(H,23,24). The molecule has 1 aromatic carbocycles. The van der Waals surface area contributed by atoms with E-state index in [1.165, 1.54) is 4.90 Å². The van der Waals surface area contributed by atoms with Gasteiger partial charge in [0.1, 0.15) is 5.75 Å². The maximum absolute atomic E-state index is 11.1. The van der Waals surface area contributed by atoms with Crippen molar-refractivity contribution in [1.29, 1.82) is 0 Å². The summed E-state index contributed by atoms with van der Waals surface area (Å²) in [5.74, 6) is 0.613. The molecule has 0 atom stereocenters. The molecule has 0 radical (unpaired) electrons. The van der Waals surface area contributed by atoms with Crippen LogP contribution in [0.15, 0.2) is 24.5 Å². The van der Waals surface area contributed by atoms with Crippen molar-refractivity contribution in [3.8, 4) is 16.9 Å². The molecule has 8 nitrogen and oxygen atoms in total. The molecule has 2 aromatic rings. The van der Waals surface area contributed by atoms with Gasteiger partial charge in [0, 0.05) is 61.8 Å². The zero-order valence-corrected chi connectivity index (χ0v) is 14.5. The molecule has 1 amide bonds. The van der Waals surface area contributed by atoms with Crippen LogP contribution < -0.4 is 15.4 Å². The van der Waals surface area contributed by atoms with Crippen molar-refractivity contribution in [1.82, 2.24) is 14.7 Å². The molecule has 0 spiro atoms. The fourth-order valence-corrected chi connectivity index (χ4v) is 3.07. The average molecular weight is 345 g/mol. The Balaban J connectivity index is 1.97. The Bertz CT molecular complexity index is 766. The number of methoxy groups -OCH3 is 1. The lowest BCUT2D eigenvalue weighted by molar-refractivity contribution is 0.142. The van der Waals surface area contributed by atoms with Gasteiger partial charge in [0.2, 0.25) is 0 Å². The van der Waals surface area contributed by atoms with Gasteiger partial charge in [-0.3, -0.25) is 4.68 Å². The first-order valence-corrected chi connectivity index (χ1v) is 8.26. The largest absolute Gasteiger partial charge is 0.495 e. The minimum absolute atomic E-state index is 0.468. The molecule has 8 heteroatoms. The van der Waals surface area contributed by atoms with E-state index in [1.54, 1.807) is 7.11 Å². The molecule has 3 N–H and O–H groups in total. The normalized spacial score (nSPS) is 14.6. The van der Waals surface area contributed by atoms with Crippen LogP contribution in [-0.4, -0.2) is 59.2 Å². The second kappa shape index (κ2) is 6.92. The lowest BCUT2D eigenvalue weighted by Gasteiger charge is -2.35. The third-order valence-electron chi connectivity index (χ3n) is 4.51. The smallest absolute Gasteiger partial charge is 0.407 e. The van der Waals surface area contributed by atoms with Gasteiger partial charge >= 0.3 is 6.09 Å². The van der Waals surface area contributed by atoms with Crippen LogP contribution in [0.3, 0.4) is 0 Å². The van der Waals surface area contributed by atoms with Gasteiger partial charge in [-0.25, -0.2) is 4.79 Å². The summed E-state index contributed by atoms with van der Waals surface area (Å²) in [6.07, 6.45) is 2.93. The Morgan fingerprint density at radius 1 is 1.32 bits per heavy atom. The van der Waals surface area contributed by atoms with Crippen molar-refractivity contribution < 1.29 is 14.6 Å². The second-order valence-electron chi connectivity index (χ2n) is 5.95. The molecule has 1 fully saturated rings. The summed E-state index contributed by atoms with van der Waals surface area (Å²) in [5.41, 5.74) is 9.61. The van der Waals surface area contributed by atoms with Crippen molar-refractivity contribution >= 4 is 17.5 Å². The zero-order valence-electron chi connectivity index (χ0n) is 14.5. The SMILES string of the molecule is CCn1cc(-c2cc(N)c(OC)cc2N2CCN(C(=O)O)CC2)cn1. The number of anilines is 2. The molecule has 1 aliphatic heterocycles. The van der Waals surface area contributed by atoms with Crippen molar-refractivity contribution in [2.75, 3.05) is 43.9 Å². The fourth-order valence-electron chi connectivity index (χ4n) is 3.07. The van der Waals surface area contributed by atoms with E-state index in [1.807, 2.05) is 36.1 Å². The third kappa shape index (κ3) is 3.33. The number of benzene rings is 1. The van der Waals surface area contributed by atoms with Crippen LogP contribution in [0.25, 0.3) is 11.1 Å². The number of nitrogens with two attached hydrogens (primary N) is 1. The van der Waals surface area contributed by atoms with E-state index in [2.05, 4.69) is 10.00 Å². The molecule has 0 aliphatic carbocycles. The number of hydrogen-bond donors (Lipinski definition) is 2. The Labute approximate surface area is 146 Å². The summed E-state index contributed by atoms with van der Waals surface area (Å²) in [7, 11) is 1.59. The van der Waals surface area contributed by atoms with Gasteiger partial charge in [-0.05, 0) is 13.0 Å². The maximum Gasteiger partial charge on any atom is 0.407 e.